The second-order valence-electron chi connectivity index (χ2n) is 6.87. The smallest absolute Gasteiger partial charge is 0.307 e. The van der Waals surface area contributed by atoms with Gasteiger partial charge in [0.25, 0.3) is 0 Å². The summed E-state index contributed by atoms with van der Waals surface area (Å²) in [5.74, 6) is -0.982. The molecule has 0 aliphatic rings. The highest BCUT2D eigenvalue weighted by Crippen LogP contribution is 2.13. The molecule has 3 N–H and O–H groups in total. The lowest BCUT2D eigenvalue weighted by Gasteiger charge is -2.03. The van der Waals surface area contributed by atoms with Gasteiger partial charge in [-0.15, -0.1) is 0 Å². The van der Waals surface area contributed by atoms with Gasteiger partial charge in [0.05, 0.1) is 6.26 Å². The molecule has 0 saturated carbocycles. The molecule has 0 radical (unpaired) electrons. The van der Waals surface area contributed by atoms with Gasteiger partial charge in [0.2, 0.25) is 0 Å². The summed E-state index contributed by atoms with van der Waals surface area (Å²) in [5, 5.41) is 8.52. The topological polar surface area (TPSA) is 95.1 Å². The van der Waals surface area contributed by atoms with Crippen molar-refractivity contribution < 1.29 is 24.9 Å². The molecule has 0 spiro atoms. The minimum Gasteiger partial charge on any atom is -0.481 e. The molecule has 0 rings (SSSR count). The van der Waals surface area contributed by atoms with Gasteiger partial charge < -0.3 is 15.3 Å². The van der Waals surface area contributed by atoms with E-state index >= 15 is 0 Å². The molecule has 0 fully saturated rings. The fourth-order valence-corrected chi connectivity index (χ4v) is 2.76. The molecule has 5 heteroatoms. The van der Waals surface area contributed by atoms with E-state index in [1.165, 1.54) is 90.4 Å². The molecular weight excluding hydrogens is 344 g/mol. The lowest BCUT2D eigenvalue weighted by atomic mass is 10.0. The van der Waals surface area contributed by atoms with E-state index in [1.807, 2.05) is 0 Å². The van der Waals surface area contributed by atoms with Crippen molar-refractivity contribution in [2.24, 2.45) is 0 Å². The zero-order valence-corrected chi connectivity index (χ0v) is 17.8. The van der Waals surface area contributed by atoms with Gasteiger partial charge in [-0.1, -0.05) is 103 Å². The number of carboxylic acid groups (broad SMARTS) is 1. The van der Waals surface area contributed by atoms with Crippen LogP contribution in [0.4, 0.5) is 0 Å². The van der Waals surface area contributed by atoms with Crippen molar-refractivity contribution in [2.45, 2.75) is 117 Å². The maximum Gasteiger partial charge on any atom is 0.307 e. The Labute approximate surface area is 166 Å². The zero-order chi connectivity index (χ0) is 19.9. The Bertz CT molecular complexity index is 329. The number of esters is 1. The zero-order valence-electron chi connectivity index (χ0n) is 17.8. The summed E-state index contributed by atoms with van der Waals surface area (Å²) in [6, 6.07) is 0. The monoisotopic (exact) mass is 388 g/mol. The lowest BCUT2D eigenvalue weighted by molar-refractivity contribution is -0.137. The largest absolute Gasteiger partial charge is 0.481 e. The summed E-state index contributed by atoms with van der Waals surface area (Å²) >= 11 is 0. The van der Waals surface area contributed by atoms with E-state index in [-0.39, 0.29) is 11.4 Å². The number of carbonyl (C=O) groups is 2. The van der Waals surface area contributed by atoms with E-state index in [2.05, 4.69) is 18.2 Å². The highest BCUT2D eigenvalue weighted by molar-refractivity contribution is 5.66. The molecular formula is C22H44O5. The summed E-state index contributed by atoms with van der Waals surface area (Å²) in [6.45, 7) is 6.75. The maximum atomic E-state index is 10.3. The average Bonchev–Trinajstić information content (AvgIpc) is 2.58. The summed E-state index contributed by atoms with van der Waals surface area (Å²) in [6.07, 6.45) is 21.3. The Balaban J connectivity index is -0.000000709. The number of hydrogen-bond donors (Lipinski definition) is 1. The minimum absolute atomic E-state index is 0. The molecule has 0 aromatic heterocycles. The molecule has 0 aromatic rings. The summed E-state index contributed by atoms with van der Waals surface area (Å²) in [7, 11) is 0. The van der Waals surface area contributed by atoms with Crippen LogP contribution in [0.25, 0.3) is 0 Å². The molecule has 0 saturated heterocycles. The SMILES string of the molecule is C=COC(C)=O.CCCCCCCCCCCCCCCCCC(=O)O.O. The first-order valence-electron chi connectivity index (χ1n) is 10.5. The van der Waals surface area contributed by atoms with Gasteiger partial charge in [-0.2, -0.15) is 0 Å². The predicted octanol–water partition coefficient (Wildman–Crippen LogP) is 6.20. The van der Waals surface area contributed by atoms with Gasteiger partial charge in [-0.3, -0.25) is 9.59 Å². The molecule has 0 atom stereocenters. The van der Waals surface area contributed by atoms with Gasteiger partial charge in [-0.05, 0) is 6.42 Å². The van der Waals surface area contributed by atoms with E-state index in [1.54, 1.807) is 0 Å². The van der Waals surface area contributed by atoms with Gasteiger partial charge in [-0.25, -0.2) is 0 Å². The second kappa shape index (κ2) is 26.9. The fraction of sp³-hybridized carbons (Fsp3) is 0.818. The normalized spacial score (nSPS) is 9.56. The van der Waals surface area contributed by atoms with Crippen molar-refractivity contribution in [3.8, 4) is 0 Å². The van der Waals surface area contributed by atoms with Gasteiger partial charge in [0.1, 0.15) is 0 Å². The standard InChI is InChI=1S/C18H36O2.C4H6O2.H2O/c1-2-3-4-5-6-7-8-9-10-11-12-13-14-15-16-17-18(19)20;1-3-6-4(2)5;/h2-17H2,1H3,(H,19,20);3H,1H2,2H3;1H2. The number of rotatable bonds is 17. The predicted molar refractivity (Wildman–Crippen MR) is 113 cm³/mol. The molecule has 162 valence electrons. The van der Waals surface area contributed by atoms with Crippen molar-refractivity contribution in [1.29, 1.82) is 0 Å². The van der Waals surface area contributed by atoms with Crippen LogP contribution in [0.15, 0.2) is 12.8 Å². The molecule has 0 aliphatic carbocycles. The van der Waals surface area contributed by atoms with Crippen LogP contribution in [-0.4, -0.2) is 22.5 Å². The highest BCUT2D eigenvalue weighted by atomic mass is 16.5. The van der Waals surface area contributed by atoms with E-state index in [9.17, 15) is 9.59 Å². The quantitative estimate of drug-likeness (QED) is 0.182. The number of unbranched alkanes of at least 4 members (excludes halogenated alkanes) is 14. The lowest BCUT2D eigenvalue weighted by Crippen LogP contribution is -1.93. The molecule has 0 aliphatic heterocycles. The summed E-state index contributed by atoms with van der Waals surface area (Å²) in [5.41, 5.74) is 0. The third-order valence-electron chi connectivity index (χ3n) is 4.24. The number of carboxylic acids is 1. The van der Waals surface area contributed by atoms with Crippen molar-refractivity contribution in [3.05, 3.63) is 12.8 Å². The second-order valence-corrected chi connectivity index (χ2v) is 6.87. The first kappa shape index (κ1) is 30.4. The minimum atomic E-state index is -0.653. The van der Waals surface area contributed by atoms with Crippen LogP contribution >= 0.6 is 0 Å². The van der Waals surface area contributed by atoms with Crippen LogP contribution in [0.1, 0.15) is 117 Å². The Morgan fingerprint density at radius 1 is 0.778 bits per heavy atom. The third kappa shape index (κ3) is 36.3. The van der Waals surface area contributed by atoms with Crippen molar-refractivity contribution in [1.82, 2.24) is 0 Å². The first-order chi connectivity index (χ1) is 12.5. The van der Waals surface area contributed by atoms with Crippen LogP contribution in [0.5, 0.6) is 0 Å². The maximum absolute atomic E-state index is 10.3. The Morgan fingerprint density at radius 3 is 1.33 bits per heavy atom. The molecule has 5 nitrogen and oxygen atoms in total. The third-order valence-corrected chi connectivity index (χ3v) is 4.24. The Morgan fingerprint density at radius 2 is 1.11 bits per heavy atom. The molecule has 0 heterocycles. The first-order valence-corrected chi connectivity index (χ1v) is 10.5. The molecule has 0 aromatic carbocycles. The summed E-state index contributed by atoms with van der Waals surface area (Å²) in [4.78, 5) is 20.1. The molecule has 27 heavy (non-hydrogen) atoms. The molecule has 0 amide bonds. The molecule has 0 unspecified atom stereocenters. The molecule has 0 bridgehead atoms. The van der Waals surface area contributed by atoms with E-state index in [4.69, 9.17) is 5.11 Å². The van der Waals surface area contributed by atoms with Crippen molar-refractivity contribution in [3.63, 3.8) is 0 Å². The van der Waals surface area contributed by atoms with Gasteiger partial charge in [0.15, 0.2) is 0 Å². The van der Waals surface area contributed by atoms with Crippen LogP contribution in [0, 0.1) is 0 Å². The number of carbonyl (C=O) groups excluding carboxylic acids is 1. The van der Waals surface area contributed by atoms with Crippen molar-refractivity contribution in [2.75, 3.05) is 0 Å². The van der Waals surface area contributed by atoms with Gasteiger partial charge in [0, 0.05) is 13.3 Å². The number of ether oxygens (including phenoxy) is 1. The van der Waals surface area contributed by atoms with Gasteiger partial charge >= 0.3 is 11.9 Å². The Hall–Kier alpha value is -1.36. The van der Waals surface area contributed by atoms with Crippen LogP contribution in [0.3, 0.4) is 0 Å². The average molecular weight is 389 g/mol. The highest BCUT2D eigenvalue weighted by Gasteiger charge is 1.97. The van der Waals surface area contributed by atoms with E-state index in [0.29, 0.717) is 6.42 Å². The summed E-state index contributed by atoms with van der Waals surface area (Å²) < 4.78 is 4.17. The van der Waals surface area contributed by atoms with E-state index < -0.39 is 5.97 Å². The fourth-order valence-electron chi connectivity index (χ4n) is 2.76. The van der Waals surface area contributed by atoms with Crippen LogP contribution < -0.4 is 0 Å². The van der Waals surface area contributed by atoms with Crippen LogP contribution in [-0.2, 0) is 14.3 Å². The van der Waals surface area contributed by atoms with Crippen LogP contribution in [0.2, 0.25) is 0 Å². The van der Waals surface area contributed by atoms with E-state index in [0.717, 1.165) is 19.1 Å². The number of aliphatic carboxylic acids is 1. The Kier molecular flexibility index (Phi) is 30.2. The van der Waals surface area contributed by atoms with Crippen molar-refractivity contribution >= 4 is 11.9 Å². The number of hydrogen-bond acceptors (Lipinski definition) is 3.